The van der Waals surface area contributed by atoms with Crippen molar-refractivity contribution in [3.8, 4) is 11.3 Å². The molecule has 1 heterocycles. The number of rotatable bonds is 6. The van der Waals surface area contributed by atoms with Gasteiger partial charge in [0.25, 0.3) is 0 Å². The van der Waals surface area contributed by atoms with E-state index in [0.717, 1.165) is 40.4 Å². The number of carbonyl (C=O) groups excluding carboxylic acids is 2. The van der Waals surface area contributed by atoms with Crippen LogP contribution in [0, 0.1) is 30.1 Å². The fraction of sp³-hybridized carbons (Fsp3) is 0.542. The van der Waals surface area contributed by atoms with E-state index in [1.54, 1.807) is 11.3 Å². The number of benzene rings is 1. The normalized spacial score (nSPS) is 28.5. The fourth-order valence-electron chi connectivity index (χ4n) is 6.38. The Kier molecular flexibility index (Phi) is 5.55. The Balaban J connectivity index is 1.14. The van der Waals surface area contributed by atoms with E-state index in [1.807, 2.05) is 31.2 Å². The van der Waals surface area contributed by atoms with E-state index in [9.17, 15) is 9.59 Å². The lowest BCUT2D eigenvalue weighted by Gasteiger charge is -2.55. The van der Waals surface area contributed by atoms with E-state index < -0.39 is 0 Å². The van der Waals surface area contributed by atoms with E-state index in [-0.39, 0.29) is 23.8 Å². The molecular weight excluding hydrogens is 430 g/mol. The van der Waals surface area contributed by atoms with E-state index >= 15 is 0 Å². The van der Waals surface area contributed by atoms with Gasteiger partial charge >= 0.3 is 0 Å². The van der Waals surface area contributed by atoms with Gasteiger partial charge in [-0.3, -0.25) is 9.59 Å². The highest BCUT2D eigenvalue weighted by molar-refractivity contribution is 7.12. The van der Waals surface area contributed by atoms with E-state index in [0.29, 0.717) is 29.3 Å². The van der Waals surface area contributed by atoms with Gasteiger partial charge in [0.15, 0.2) is 0 Å². The van der Waals surface area contributed by atoms with Crippen LogP contribution in [0.5, 0.6) is 0 Å². The SMILES string of the molecule is Cc1sc(CNC(=O)CNC(=O)C23CC4CC(CC(C4)C2)C3)nc1-c1ccc(Cl)cc1. The van der Waals surface area contributed by atoms with Gasteiger partial charge in [0.1, 0.15) is 5.01 Å². The quantitative estimate of drug-likeness (QED) is 0.659. The molecule has 0 saturated heterocycles. The topological polar surface area (TPSA) is 71.1 Å². The van der Waals surface area contributed by atoms with Crippen molar-refractivity contribution >= 4 is 34.8 Å². The van der Waals surface area contributed by atoms with Crippen LogP contribution in [0.2, 0.25) is 5.02 Å². The minimum Gasteiger partial charge on any atom is -0.348 e. The molecule has 4 aliphatic carbocycles. The summed E-state index contributed by atoms with van der Waals surface area (Å²) < 4.78 is 0. The second-order valence-corrected chi connectivity index (χ2v) is 11.4. The predicted molar refractivity (Wildman–Crippen MR) is 123 cm³/mol. The minimum absolute atomic E-state index is 0.0367. The summed E-state index contributed by atoms with van der Waals surface area (Å²) in [6.07, 6.45) is 6.95. The molecular formula is C24H28ClN3O2S. The summed E-state index contributed by atoms with van der Waals surface area (Å²) in [5.74, 6) is 2.08. The molecule has 0 radical (unpaired) electrons. The average molecular weight is 458 g/mol. The molecule has 31 heavy (non-hydrogen) atoms. The standard InChI is InChI=1S/C24H28ClN3O2S/c1-14-22(18-2-4-19(25)5-3-18)28-21(31-14)13-26-20(29)12-27-23(30)24-9-15-6-16(10-24)8-17(7-15)11-24/h2-5,15-17H,6-13H2,1H3,(H,26,29)(H,27,30). The highest BCUT2D eigenvalue weighted by Gasteiger charge is 2.54. The van der Waals surface area contributed by atoms with Crippen LogP contribution in [0.15, 0.2) is 24.3 Å². The third-order valence-corrected chi connectivity index (χ3v) is 8.55. The molecule has 4 saturated carbocycles. The van der Waals surface area contributed by atoms with Crippen LogP contribution in [0.25, 0.3) is 11.3 Å². The maximum atomic E-state index is 13.0. The number of carbonyl (C=O) groups is 2. The number of amides is 2. The van der Waals surface area contributed by atoms with Crippen molar-refractivity contribution in [3.05, 3.63) is 39.2 Å². The second-order valence-electron chi connectivity index (χ2n) is 9.68. The van der Waals surface area contributed by atoms with Crippen molar-refractivity contribution in [2.45, 2.75) is 52.0 Å². The minimum atomic E-state index is -0.213. The van der Waals surface area contributed by atoms with Gasteiger partial charge in [0.2, 0.25) is 11.8 Å². The van der Waals surface area contributed by atoms with Gasteiger partial charge in [0, 0.05) is 20.9 Å². The maximum Gasteiger partial charge on any atom is 0.239 e. The summed E-state index contributed by atoms with van der Waals surface area (Å²) in [6, 6.07) is 7.60. The van der Waals surface area contributed by atoms with Crippen LogP contribution in [-0.4, -0.2) is 23.3 Å². The molecule has 4 fully saturated rings. The van der Waals surface area contributed by atoms with Gasteiger partial charge < -0.3 is 10.6 Å². The summed E-state index contributed by atoms with van der Waals surface area (Å²) in [5, 5.41) is 7.39. The van der Waals surface area contributed by atoms with Crippen molar-refractivity contribution in [3.63, 3.8) is 0 Å². The monoisotopic (exact) mass is 457 g/mol. The zero-order chi connectivity index (χ0) is 21.6. The number of hydrogen-bond acceptors (Lipinski definition) is 4. The first-order chi connectivity index (χ1) is 14.9. The van der Waals surface area contributed by atoms with Crippen LogP contribution < -0.4 is 10.6 Å². The first-order valence-corrected chi connectivity index (χ1v) is 12.4. The van der Waals surface area contributed by atoms with Crippen LogP contribution >= 0.6 is 22.9 Å². The molecule has 2 amide bonds. The summed E-state index contributed by atoms with van der Waals surface area (Å²) in [5.41, 5.74) is 1.72. The number of nitrogens with one attached hydrogen (secondary N) is 2. The molecule has 1 aromatic heterocycles. The molecule has 0 atom stereocenters. The maximum absolute atomic E-state index is 13.0. The lowest BCUT2D eigenvalue weighted by Crippen LogP contribution is -2.54. The van der Waals surface area contributed by atoms with Crippen LogP contribution in [-0.2, 0) is 16.1 Å². The number of halogens is 1. The number of nitrogens with zero attached hydrogens (tertiary/aromatic N) is 1. The Morgan fingerprint density at radius 3 is 2.29 bits per heavy atom. The zero-order valence-corrected chi connectivity index (χ0v) is 19.3. The fourth-order valence-corrected chi connectivity index (χ4v) is 7.40. The number of hydrogen-bond donors (Lipinski definition) is 2. The smallest absolute Gasteiger partial charge is 0.239 e. The van der Waals surface area contributed by atoms with Crippen LogP contribution in [0.3, 0.4) is 0 Å². The summed E-state index contributed by atoms with van der Waals surface area (Å²) in [7, 11) is 0. The molecule has 0 aliphatic heterocycles. The van der Waals surface area contributed by atoms with Crippen molar-refractivity contribution in [1.82, 2.24) is 15.6 Å². The molecule has 0 spiro atoms. The Morgan fingerprint density at radius 1 is 1.06 bits per heavy atom. The van der Waals surface area contributed by atoms with E-state index in [2.05, 4.69) is 15.6 Å². The number of aromatic nitrogens is 1. The third-order valence-electron chi connectivity index (χ3n) is 7.32. The van der Waals surface area contributed by atoms with Crippen molar-refractivity contribution in [2.24, 2.45) is 23.2 Å². The highest BCUT2D eigenvalue weighted by Crippen LogP contribution is 2.60. The van der Waals surface area contributed by atoms with Crippen LogP contribution in [0.4, 0.5) is 0 Å². The summed E-state index contributed by atoms with van der Waals surface area (Å²) in [6.45, 7) is 2.43. The number of thiazole rings is 1. The molecule has 0 unspecified atom stereocenters. The van der Waals surface area contributed by atoms with Gasteiger partial charge in [-0.15, -0.1) is 11.3 Å². The van der Waals surface area contributed by atoms with Gasteiger partial charge in [-0.25, -0.2) is 4.98 Å². The Bertz CT molecular complexity index is 965. The molecule has 2 aromatic rings. The lowest BCUT2D eigenvalue weighted by molar-refractivity contribution is -0.147. The molecule has 7 heteroatoms. The molecule has 4 aliphatic rings. The zero-order valence-electron chi connectivity index (χ0n) is 17.7. The summed E-state index contributed by atoms with van der Waals surface area (Å²) in [4.78, 5) is 31.2. The van der Waals surface area contributed by atoms with Crippen molar-refractivity contribution < 1.29 is 9.59 Å². The molecule has 164 valence electrons. The highest BCUT2D eigenvalue weighted by atomic mass is 35.5. The largest absolute Gasteiger partial charge is 0.348 e. The molecule has 5 nitrogen and oxygen atoms in total. The third kappa shape index (κ3) is 4.24. The molecule has 1 aromatic carbocycles. The second kappa shape index (κ2) is 8.21. The van der Waals surface area contributed by atoms with Gasteiger partial charge in [-0.2, -0.15) is 0 Å². The molecule has 6 rings (SSSR count). The van der Waals surface area contributed by atoms with Gasteiger partial charge in [0.05, 0.1) is 18.8 Å². The Morgan fingerprint density at radius 2 is 1.68 bits per heavy atom. The molecule has 4 bridgehead atoms. The summed E-state index contributed by atoms with van der Waals surface area (Å²) >= 11 is 7.54. The predicted octanol–water partition coefficient (Wildman–Crippen LogP) is 4.72. The average Bonchev–Trinajstić information content (AvgIpc) is 3.10. The first-order valence-electron chi connectivity index (χ1n) is 11.2. The first kappa shape index (κ1) is 21.0. The van der Waals surface area contributed by atoms with E-state index in [1.165, 1.54) is 19.3 Å². The lowest BCUT2D eigenvalue weighted by atomic mass is 9.49. The van der Waals surface area contributed by atoms with E-state index in [4.69, 9.17) is 11.6 Å². The Labute approximate surface area is 192 Å². The van der Waals surface area contributed by atoms with Crippen molar-refractivity contribution in [2.75, 3.05) is 6.54 Å². The Hall–Kier alpha value is -1.92. The number of aryl methyl sites for hydroxylation is 1. The van der Waals surface area contributed by atoms with Gasteiger partial charge in [-0.05, 0) is 75.3 Å². The van der Waals surface area contributed by atoms with Gasteiger partial charge in [-0.1, -0.05) is 23.7 Å². The van der Waals surface area contributed by atoms with Crippen LogP contribution in [0.1, 0.15) is 48.4 Å². The molecule has 2 N–H and O–H groups in total. The van der Waals surface area contributed by atoms with Crippen molar-refractivity contribution in [1.29, 1.82) is 0 Å².